The van der Waals surface area contributed by atoms with Gasteiger partial charge in [-0.1, -0.05) is 11.6 Å². The lowest BCUT2D eigenvalue weighted by molar-refractivity contribution is 0.0943. The lowest BCUT2D eigenvalue weighted by Gasteiger charge is -2.05. The maximum absolute atomic E-state index is 11.7. The number of aryl methyl sites for hydroxylation is 2. The van der Waals surface area contributed by atoms with Crippen molar-refractivity contribution in [2.24, 2.45) is 7.05 Å². The molecule has 96 valence electrons. The van der Waals surface area contributed by atoms with E-state index in [9.17, 15) is 4.79 Å². The van der Waals surface area contributed by atoms with Gasteiger partial charge in [0.25, 0.3) is 5.91 Å². The lowest BCUT2D eigenvalue weighted by atomic mass is 10.3. The molecule has 0 aliphatic carbocycles. The molecule has 0 atom stereocenters. The van der Waals surface area contributed by atoms with Crippen LogP contribution in [0.5, 0.6) is 0 Å². The van der Waals surface area contributed by atoms with Gasteiger partial charge in [-0.15, -0.1) is 0 Å². The quantitative estimate of drug-likeness (QED) is 0.825. The number of halogens is 1. The SMILES string of the molecule is Cn1nccc1C(=O)NCCCn1cc(Cl)cn1. The highest BCUT2D eigenvalue weighted by Gasteiger charge is 2.08. The number of nitrogens with zero attached hydrogens (tertiary/aromatic N) is 4. The topological polar surface area (TPSA) is 64.7 Å². The molecule has 0 fully saturated rings. The fourth-order valence-corrected chi connectivity index (χ4v) is 1.75. The number of amides is 1. The normalized spacial score (nSPS) is 10.6. The van der Waals surface area contributed by atoms with E-state index in [4.69, 9.17) is 11.6 Å². The van der Waals surface area contributed by atoms with Crippen molar-refractivity contribution in [3.63, 3.8) is 0 Å². The highest BCUT2D eigenvalue weighted by molar-refractivity contribution is 6.30. The molecule has 1 amide bonds. The number of hydrogen-bond donors (Lipinski definition) is 1. The summed E-state index contributed by atoms with van der Waals surface area (Å²) in [5, 5.41) is 11.4. The predicted molar refractivity (Wildman–Crippen MR) is 67.4 cm³/mol. The molecule has 2 rings (SSSR count). The van der Waals surface area contributed by atoms with Gasteiger partial charge in [0.2, 0.25) is 0 Å². The third kappa shape index (κ3) is 3.10. The van der Waals surface area contributed by atoms with Crippen LogP contribution in [-0.2, 0) is 13.6 Å². The number of aromatic nitrogens is 4. The van der Waals surface area contributed by atoms with Crippen LogP contribution in [0.25, 0.3) is 0 Å². The zero-order valence-electron chi connectivity index (χ0n) is 10.0. The van der Waals surface area contributed by atoms with Gasteiger partial charge in [-0.2, -0.15) is 10.2 Å². The molecule has 2 heterocycles. The van der Waals surface area contributed by atoms with E-state index in [2.05, 4.69) is 15.5 Å². The van der Waals surface area contributed by atoms with Crippen molar-refractivity contribution >= 4 is 17.5 Å². The molecule has 0 saturated carbocycles. The monoisotopic (exact) mass is 267 g/mol. The Balaban J connectivity index is 1.73. The Hall–Kier alpha value is -1.82. The van der Waals surface area contributed by atoms with Crippen molar-refractivity contribution in [3.8, 4) is 0 Å². The van der Waals surface area contributed by atoms with Gasteiger partial charge in [-0.25, -0.2) is 0 Å². The summed E-state index contributed by atoms with van der Waals surface area (Å²) in [5.74, 6) is -0.117. The third-order valence-corrected chi connectivity index (χ3v) is 2.70. The average Bonchev–Trinajstić information content (AvgIpc) is 2.93. The first-order chi connectivity index (χ1) is 8.66. The van der Waals surface area contributed by atoms with Crippen LogP contribution < -0.4 is 5.32 Å². The molecule has 1 N–H and O–H groups in total. The molecule has 0 radical (unpaired) electrons. The molecule has 0 bridgehead atoms. The molecule has 0 spiro atoms. The molecule has 0 aromatic carbocycles. The Morgan fingerprint density at radius 3 is 2.94 bits per heavy atom. The van der Waals surface area contributed by atoms with Crippen molar-refractivity contribution in [1.29, 1.82) is 0 Å². The number of carbonyl (C=O) groups excluding carboxylic acids is 1. The molecule has 7 heteroatoms. The maximum Gasteiger partial charge on any atom is 0.269 e. The first kappa shape index (κ1) is 12.6. The number of carbonyl (C=O) groups is 1. The smallest absolute Gasteiger partial charge is 0.269 e. The predicted octanol–water partition coefficient (Wildman–Crippen LogP) is 1.09. The highest BCUT2D eigenvalue weighted by Crippen LogP contribution is 2.04. The van der Waals surface area contributed by atoms with Crippen LogP contribution in [0.2, 0.25) is 5.02 Å². The average molecular weight is 268 g/mol. The molecule has 2 aromatic heterocycles. The number of hydrogen-bond acceptors (Lipinski definition) is 3. The van der Waals surface area contributed by atoms with E-state index < -0.39 is 0 Å². The van der Waals surface area contributed by atoms with Crippen molar-refractivity contribution in [3.05, 3.63) is 35.4 Å². The fraction of sp³-hybridized carbons (Fsp3) is 0.364. The molecular weight excluding hydrogens is 254 g/mol. The highest BCUT2D eigenvalue weighted by atomic mass is 35.5. The van der Waals surface area contributed by atoms with E-state index >= 15 is 0 Å². The van der Waals surface area contributed by atoms with Crippen LogP contribution in [0.1, 0.15) is 16.9 Å². The van der Waals surface area contributed by atoms with Crippen molar-refractivity contribution in [1.82, 2.24) is 24.9 Å². The van der Waals surface area contributed by atoms with Crippen LogP contribution in [0.3, 0.4) is 0 Å². The molecule has 6 nitrogen and oxygen atoms in total. The lowest BCUT2D eigenvalue weighted by Crippen LogP contribution is -2.27. The largest absolute Gasteiger partial charge is 0.351 e. The van der Waals surface area contributed by atoms with E-state index in [1.54, 1.807) is 41.1 Å². The van der Waals surface area contributed by atoms with Crippen LogP contribution >= 0.6 is 11.6 Å². The van der Waals surface area contributed by atoms with E-state index in [-0.39, 0.29) is 5.91 Å². The maximum atomic E-state index is 11.7. The van der Waals surface area contributed by atoms with Gasteiger partial charge < -0.3 is 5.32 Å². The summed E-state index contributed by atoms with van der Waals surface area (Å²) in [6, 6.07) is 1.68. The van der Waals surface area contributed by atoms with Gasteiger partial charge in [0.15, 0.2) is 0 Å². The van der Waals surface area contributed by atoms with Crippen LogP contribution in [0.15, 0.2) is 24.7 Å². The second kappa shape index (κ2) is 5.68. The summed E-state index contributed by atoms with van der Waals surface area (Å²) in [4.78, 5) is 11.7. The van der Waals surface area contributed by atoms with E-state index in [0.29, 0.717) is 17.3 Å². The molecule has 18 heavy (non-hydrogen) atoms. The van der Waals surface area contributed by atoms with E-state index in [1.807, 2.05) is 0 Å². The van der Waals surface area contributed by atoms with Crippen LogP contribution in [-0.4, -0.2) is 32.0 Å². The summed E-state index contributed by atoms with van der Waals surface area (Å²) in [5.41, 5.74) is 0.553. The third-order valence-electron chi connectivity index (χ3n) is 2.50. The standard InChI is InChI=1S/C11H14ClN5O/c1-16-10(3-5-14-16)11(18)13-4-2-6-17-8-9(12)7-15-17/h3,5,7-8H,2,4,6H2,1H3,(H,13,18). The Morgan fingerprint density at radius 2 is 2.33 bits per heavy atom. The van der Waals surface area contributed by atoms with Gasteiger partial charge in [-0.05, 0) is 12.5 Å². The minimum absolute atomic E-state index is 0.117. The van der Waals surface area contributed by atoms with Gasteiger partial charge in [0.05, 0.1) is 11.2 Å². The molecular formula is C11H14ClN5O. The second-order valence-electron chi connectivity index (χ2n) is 3.87. The minimum Gasteiger partial charge on any atom is -0.351 e. The molecule has 0 aliphatic heterocycles. The molecule has 0 aliphatic rings. The zero-order valence-corrected chi connectivity index (χ0v) is 10.8. The van der Waals surface area contributed by atoms with Crippen LogP contribution in [0, 0.1) is 0 Å². The summed E-state index contributed by atoms with van der Waals surface area (Å²) in [6.07, 6.45) is 5.74. The first-order valence-electron chi connectivity index (χ1n) is 5.61. The van der Waals surface area contributed by atoms with Gasteiger partial charge in [-0.3, -0.25) is 14.2 Å². The summed E-state index contributed by atoms with van der Waals surface area (Å²) >= 11 is 5.75. The minimum atomic E-state index is -0.117. The van der Waals surface area contributed by atoms with Crippen molar-refractivity contribution < 1.29 is 4.79 Å². The summed E-state index contributed by atoms with van der Waals surface area (Å²) < 4.78 is 3.29. The van der Waals surface area contributed by atoms with Crippen molar-refractivity contribution in [2.75, 3.05) is 6.54 Å². The molecule has 2 aromatic rings. The van der Waals surface area contributed by atoms with E-state index in [0.717, 1.165) is 13.0 Å². The second-order valence-corrected chi connectivity index (χ2v) is 4.31. The number of nitrogens with one attached hydrogen (secondary N) is 1. The fourth-order valence-electron chi connectivity index (χ4n) is 1.59. The Kier molecular flexibility index (Phi) is 3.99. The van der Waals surface area contributed by atoms with Crippen molar-refractivity contribution in [2.45, 2.75) is 13.0 Å². The molecule has 0 saturated heterocycles. The Labute approximate surface area is 110 Å². The van der Waals surface area contributed by atoms with Gasteiger partial charge >= 0.3 is 0 Å². The molecule has 0 unspecified atom stereocenters. The number of rotatable bonds is 5. The van der Waals surface area contributed by atoms with Gasteiger partial charge in [0.1, 0.15) is 5.69 Å². The van der Waals surface area contributed by atoms with Crippen LogP contribution in [0.4, 0.5) is 0 Å². The van der Waals surface area contributed by atoms with Gasteiger partial charge in [0, 0.05) is 32.5 Å². The Bertz CT molecular complexity index is 533. The first-order valence-corrected chi connectivity index (χ1v) is 5.99. The summed E-state index contributed by atoms with van der Waals surface area (Å²) in [6.45, 7) is 1.31. The zero-order chi connectivity index (χ0) is 13.0. The Morgan fingerprint density at radius 1 is 1.50 bits per heavy atom. The van der Waals surface area contributed by atoms with E-state index in [1.165, 1.54) is 0 Å². The summed E-state index contributed by atoms with van der Waals surface area (Å²) in [7, 11) is 1.74.